The predicted octanol–water partition coefficient (Wildman–Crippen LogP) is 4.14. The molecule has 100 valence electrons. The lowest BCUT2D eigenvalue weighted by Gasteiger charge is -2.10. The lowest BCUT2D eigenvalue weighted by atomic mass is 10.0. The summed E-state index contributed by atoms with van der Waals surface area (Å²) in [5, 5.41) is 0. The number of aryl methyl sites for hydroxylation is 1. The average molecular weight is 267 g/mol. The molecule has 0 aliphatic heterocycles. The number of benzene rings is 2. The monoisotopic (exact) mass is 267 g/mol. The first-order valence-corrected chi connectivity index (χ1v) is 5.57. The molecule has 0 saturated heterocycles. The van der Waals surface area contributed by atoms with Crippen LogP contribution < -0.4 is 10.5 Å². The van der Waals surface area contributed by atoms with Gasteiger partial charge >= 0.3 is 6.36 Å². The number of halogens is 3. The first kappa shape index (κ1) is 13.3. The minimum absolute atomic E-state index is 0.248. The van der Waals surface area contributed by atoms with Crippen molar-refractivity contribution in [3.8, 4) is 16.9 Å². The summed E-state index contributed by atoms with van der Waals surface area (Å²) in [7, 11) is 0. The van der Waals surface area contributed by atoms with Gasteiger partial charge in [-0.25, -0.2) is 0 Å². The number of alkyl halides is 3. The molecule has 0 unspecified atom stereocenters. The van der Waals surface area contributed by atoms with Crippen LogP contribution in [0.1, 0.15) is 5.56 Å². The van der Waals surface area contributed by atoms with Crippen LogP contribution >= 0.6 is 0 Å². The number of rotatable bonds is 2. The zero-order valence-electron chi connectivity index (χ0n) is 10.2. The predicted molar refractivity (Wildman–Crippen MR) is 67.7 cm³/mol. The van der Waals surface area contributed by atoms with E-state index in [1.54, 1.807) is 18.2 Å². The van der Waals surface area contributed by atoms with Crippen molar-refractivity contribution in [2.75, 3.05) is 5.73 Å². The Morgan fingerprint density at radius 1 is 1.00 bits per heavy atom. The summed E-state index contributed by atoms with van der Waals surface area (Å²) >= 11 is 0. The number of hydrogen-bond acceptors (Lipinski definition) is 2. The fourth-order valence-corrected chi connectivity index (χ4v) is 1.76. The van der Waals surface area contributed by atoms with Gasteiger partial charge in [0.25, 0.3) is 0 Å². The molecule has 0 bridgehead atoms. The summed E-state index contributed by atoms with van der Waals surface area (Å²) in [5.74, 6) is -0.248. The quantitative estimate of drug-likeness (QED) is 0.830. The van der Waals surface area contributed by atoms with Crippen LogP contribution in [0.4, 0.5) is 18.9 Å². The first-order chi connectivity index (χ1) is 8.85. The third kappa shape index (κ3) is 3.40. The molecule has 0 atom stereocenters. The molecule has 0 fully saturated rings. The van der Waals surface area contributed by atoms with Crippen LogP contribution in [-0.2, 0) is 0 Å². The molecule has 0 aromatic heterocycles. The number of hydrogen-bond donors (Lipinski definition) is 1. The molecule has 2 aromatic carbocycles. The van der Waals surface area contributed by atoms with E-state index in [9.17, 15) is 13.2 Å². The van der Waals surface area contributed by atoms with E-state index in [1.807, 2.05) is 19.1 Å². The SMILES string of the molecule is Cc1ccc(N)c(-c2ccc(OC(F)(F)F)cc2)c1. The van der Waals surface area contributed by atoms with Crippen LogP contribution in [0.2, 0.25) is 0 Å². The van der Waals surface area contributed by atoms with E-state index in [4.69, 9.17) is 5.73 Å². The highest BCUT2D eigenvalue weighted by molar-refractivity contribution is 5.77. The highest BCUT2D eigenvalue weighted by atomic mass is 19.4. The summed E-state index contributed by atoms with van der Waals surface area (Å²) in [6, 6.07) is 11.2. The zero-order valence-corrected chi connectivity index (χ0v) is 10.2. The van der Waals surface area contributed by atoms with Crippen molar-refractivity contribution in [1.29, 1.82) is 0 Å². The van der Waals surface area contributed by atoms with Gasteiger partial charge in [-0.05, 0) is 36.8 Å². The Balaban J connectivity index is 2.30. The molecule has 2 aromatic rings. The van der Waals surface area contributed by atoms with Crippen molar-refractivity contribution in [1.82, 2.24) is 0 Å². The van der Waals surface area contributed by atoms with Crippen molar-refractivity contribution in [3.05, 3.63) is 48.0 Å². The van der Waals surface area contributed by atoms with Gasteiger partial charge in [0.1, 0.15) is 5.75 Å². The van der Waals surface area contributed by atoms with Crippen LogP contribution in [0, 0.1) is 6.92 Å². The average Bonchev–Trinajstić information content (AvgIpc) is 2.31. The van der Waals surface area contributed by atoms with Crippen LogP contribution in [0.3, 0.4) is 0 Å². The summed E-state index contributed by atoms with van der Waals surface area (Å²) < 4.78 is 39.9. The second-order valence-corrected chi connectivity index (χ2v) is 4.16. The van der Waals surface area contributed by atoms with Gasteiger partial charge in [0.15, 0.2) is 0 Å². The Labute approximate surface area is 108 Å². The maximum Gasteiger partial charge on any atom is 0.573 e. The third-order valence-electron chi connectivity index (χ3n) is 2.61. The largest absolute Gasteiger partial charge is 0.573 e. The number of anilines is 1. The van der Waals surface area contributed by atoms with Gasteiger partial charge in [-0.2, -0.15) is 0 Å². The molecule has 0 amide bonds. The maximum atomic E-state index is 12.0. The number of ether oxygens (including phenoxy) is 1. The van der Waals surface area contributed by atoms with E-state index in [0.29, 0.717) is 5.69 Å². The highest BCUT2D eigenvalue weighted by Crippen LogP contribution is 2.30. The molecule has 0 radical (unpaired) electrons. The molecule has 0 heterocycles. The van der Waals surface area contributed by atoms with Gasteiger partial charge in [-0.1, -0.05) is 23.8 Å². The second kappa shape index (κ2) is 4.84. The summed E-state index contributed by atoms with van der Waals surface area (Å²) in [5.41, 5.74) is 8.99. The standard InChI is InChI=1S/C14H12F3NO/c1-9-2-7-13(18)12(8-9)10-3-5-11(6-4-10)19-14(15,16)17/h2-8H,18H2,1H3. The van der Waals surface area contributed by atoms with E-state index in [1.165, 1.54) is 12.1 Å². The topological polar surface area (TPSA) is 35.2 Å². The number of nitrogen functional groups attached to an aromatic ring is 1. The summed E-state index contributed by atoms with van der Waals surface area (Å²) in [6.07, 6.45) is -4.68. The van der Waals surface area contributed by atoms with Gasteiger partial charge < -0.3 is 10.5 Å². The van der Waals surface area contributed by atoms with E-state index in [0.717, 1.165) is 16.7 Å². The van der Waals surface area contributed by atoms with Crippen LogP contribution in [0.5, 0.6) is 5.75 Å². The molecule has 5 heteroatoms. The fraction of sp³-hybridized carbons (Fsp3) is 0.143. The molecule has 0 spiro atoms. The van der Waals surface area contributed by atoms with E-state index in [2.05, 4.69) is 4.74 Å². The molecule has 19 heavy (non-hydrogen) atoms. The van der Waals surface area contributed by atoms with Crippen LogP contribution in [0.25, 0.3) is 11.1 Å². The molecule has 2 nitrogen and oxygen atoms in total. The maximum absolute atomic E-state index is 12.0. The number of nitrogens with two attached hydrogens (primary N) is 1. The second-order valence-electron chi connectivity index (χ2n) is 4.16. The lowest BCUT2D eigenvalue weighted by molar-refractivity contribution is -0.274. The molecular weight excluding hydrogens is 255 g/mol. The normalized spacial score (nSPS) is 11.4. The van der Waals surface area contributed by atoms with Gasteiger partial charge in [0.2, 0.25) is 0 Å². The Morgan fingerprint density at radius 2 is 1.63 bits per heavy atom. The lowest BCUT2D eigenvalue weighted by Crippen LogP contribution is -2.16. The Kier molecular flexibility index (Phi) is 3.38. The highest BCUT2D eigenvalue weighted by Gasteiger charge is 2.30. The molecule has 0 aliphatic rings. The Hall–Kier alpha value is -2.17. The molecule has 0 saturated carbocycles. The summed E-state index contributed by atoms with van der Waals surface area (Å²) in [4.78, 5) is 0. The van der Waals surface area contributed by atoms with E-state index < -0.39 is 6.36 Å². The van der Waals surface area contributed by atoms with E-state index >= 15 is 0 Å². The Morgan fingerprint density at radius 3 is 2.21 bits per heavy atom. The van der Waals surface area contributed by atoms with Gasteiger partial charge in [-0.3, -0.25) is 0 Å². The third-order valence-corrected chi connectivity index (χ3v) is 2.61. The molecule has 2 N–H and O–H groups in total. The minimum Gasteiger partial charge on any atom is -0.406 e. The van der Waals surface area contributed by atoms with Crippen LogP contribution in [-0.4, -0.2) is 6.36 Å². The van der Waals surface area contributed by atoms with Gasteiger partial charge in [-0.15, -0.1) is 13.2 Å². The molecule has 2 rings (SSSR count). The van der Waals surface area contributed by atoms with Crippen molar-refractivity contribution in [2.45, 2.75) is 13.3 Å². The first-order valence-electron chi connectivity index (χ1n) is 5.57. The molecule has 0 aliphatic carbocycles. The van der Waals surface area contributed by atoms with Crippen molar-refractivity contribution < 1.29 is 17.9 Å². The molecular formula is C14H12F3NO. The zero-order chi connectivity index (χ0) is 14.0. The van der Waals surface area contributed by atoms with Gasteiger partial charge in [0, 0.05) is 11.3 Å². The summed E-state index contributed by atoms with van der Waals surface area (Å²) in [6.45, 7) is 1.92. The minimum atomic E-state index is -4.68. The van der Waals surface area contributed by atoms with Crippen molar-refractivity contribution in [3.63, 3.8) is 0 Å². The van der Waals surface area contributed by atoms with Crippen molar-refractivity contribution >= 4 is 5.69 Å². The van der Waals surface area contributed by atoms with Crippen molar-refractivity contribution in [2.24, 2.45) is 0 Å². The van der Waals surface area contributed by atoms with E-state index in [-0.39, 0.29) is 5.75 Å². The smallest absolute Gasteiger partial charge is 0.406 e. The van der Waals surface area contributed by atoms with Gasteiger partial charge in [0.05, 0.1) is 0 Å². The fourth-order valence-electron chi connectivity index (χ4n) is 1.76. The Bertz CT molecular complexity index is 576. The van der Waals surface area contributed by atoms with Crippen LogP contribution in [0.15, 0.2) is 42.5 Å².